The summed E-state index contributed by atoms with van der Waals surface area (Å²) in [6.07, 6.45) is 11.1. The number of benzene rings is 1. The van der Waals surface area contributed by atoms with Gasteiger partial charge in [0.2, 0.25) is 0 Å². The number of fused-ring (bicyclic) bond motifs is 2. The topological polar surface area (TPSA) is 0 Å². The number of hydrogen-bond donors (Lipinski definition) is 0. The van der Waals surface area contributed by atoms with E-state index in [-0.39, 0.29) is 25.8 Å². The Kier molecular flexibility index (Phi) is 5.34. The van der Waals surface area contributed by atoms with Crippen molar-refractivity contribution in [3.05, 3.63) is 46.4 Å². The molecule has 0 nitrogen and oxygen atoms in total. The Morgan fingerprint density at radius 2 is 1.62 bits per heavy atom. The minimum absolute atomic E-state index is 0. The molecule has 0 amide bonds. The maximum Gasteiger partial charge on any atom is 0.0301 e. The van der Waals surface area contributed by atoms with Crippen LogP contribution >= 0.6 is 0 Å². The molecule has 2 aliphatic carbocycles. The summed E-state index contributed by atoms with van der Waals surface area (Å²) >= 11 is 0. The van der Waals surface area contributed by atoms with E-state index in [1.807, 2.05) is 0 Å². The van der Waals surface area contributed by atoms with Crippen molar-refractivity contribution in [3.63, 3.8) is 0 Å². The Balaban J connectivity index is 0.00000161. The fourth-order valence-corrected chi connectivity index (χ4v) is 3.96. The van der Waals surface area contributed by atoms with Gasteiger partial charge in [-0.05, 0) is 59.3 Å². The average Bonchev–Trinajstić information content (AvgIpc) is 3.04. The van der Waals surface area contributed by atoms with E-state index in [9.17, 15) is 0 Å². The molecule has 0 bridgehead atoms. The van der Waals surface area contributed by atoms with Crippen LogP contribution in [0.5, 0.6) is 0 Å². The fourth-order valence-electron chi connectivity index (χ4n) is 3.96. The molecule has 111 valence electrons. The van der Waals surface area contributed by atoms with E-state index < -0.39 is 0 Å². The van der Waals surface area contributed by atoms with E-state index in [1.54, 1.807) is 17.0 Å². The van der Waals surface area contributed by atoms with Crippen molar-refractivity contribution in [1.29, 1.82) is 0 Å². The second-order valence-corrected chi connectivity index (χ2v) is 6.87. The van der Waals surface area contributed by atoms with Crippen molar-refractivity contribution in [2.24, 2.45) is 11.3 Å². The van der Waals surface area contributed by atoms with Gasteiger partial charge in [-0.3, -0.25) is 0 Å². The van der Waals surface area contributed by atoms with Gasteiger partial charge in [0.15, 0.2) is 0 Å². The minimum Gasteiger partial charge on any atom is -0.0718 e. The maximum atomic E-state index is 2.51. The van der Waals surface area contributed by atoms with Gasteiger partial charge in [0.25, 0.3) is 0 Å². The zero-order chi connectivity index (χ0) is 14.3. The first-order valence-electron chi connectivity index (χ1n) is 8.33. The van der Waals surface area contributed by atoms with E-state index in [0.717, 1.165) is 0 Å². The van der Waals surface area contributed by atoms with Crippen molar-refractivity contribution < 1.29 is 25.8 Å². The van der Waals surface area contributed by atoms with Crippen LogP contribution in [0, 0.1) is 17.3 Å². The standard InChI is InChI=1S/C20H27.Hf/c1-5-14(4)18-9-8-15-10-16-12-20(6-2,7-3)13-17(16)11-19(15)18;/h8-11,14H,5-7,12-13H2,1-4H3;. The summed E-state index contributed by atoms with van der Waals surface area (Å²) < 4.78 is 0. The normalized spacial score (nSPS) is 20.0. The minimum atomic E-state index is 0. The second-order valence-electron chi connectivity index (χ2n) is 6.87. The Hall–Kier alpha value is -0.170. The molecule has 1 atom stereocenters. The summed E-state index contributed by atoms with van der Waals surface area (Å²) in [5.41, 5.74) is 6.75. The van der Waals surface area contributed by atoms with Gasteiger partial charge in [-0.15, -0.1) is 0 Å². The van der Waals surface area contributed by atoms with Crippen LogP contribution in [0.15, 0.2) is 18.2 Å². The van der Waals surface area contributed by atoms with E-state index in [4.69, 9.17) is 0 Å². The van der Waals surface area contributed by atoms with Crippen LogP contribution in [0.25, 0.3) is 6.08 Å². The van der Waals surface area contributed by atoms with Crippen LogP contribution in [0.2, 0.25) is 0 Å². The maximum absolute atomic E-state index is 2.51. The van der Waals surface area contributed by atoms with E-state index in [0.29, 0.717) is 11.3 Å². The zero-order valence-corrected chi connectivity index (χ0v) is 17.5. The SMILES string of the molecule is CCC(C)[C]1C=Cc2cc3c(cc21)CC(CC)(CC)C3.[Hf]. The molecule has 1 heteroatoms. The second kappa shape index (κ2) is 6.52. The molecule has 1 unspecified atom stereocenters. The Morgan fingerprint density at radius 3 is 2.19 bits per heavy atom. The summed E-state index contributed by atoms with van der Waals surface area (Å²) in [5.74, 6) is 2.23. The average molecular weight is 446 g/mol. The van der Waals surface area contributed by atoms with Crippen LogP contribution in [0.4, 0.5) is 0 Å². The molecule has 0 N–H and O–H groups in total. The van der Waals surface area contributed by atoms with E-state index in [1.165, 1.54) is 43.2 Å². The summed E-state index contributed by atoms with van der Waals surface area (Å²) in [6.45, 7) is 9.36. The Labute approximate surface area is 149 Å². The van der Waals surface area contributed by atoms with Gasteiger partial charge in [0.1, 0.15) is 0 Å². The Morgan fingerprint density at radius 1 is 1.00 bits per heavy atom. The predicted molar refractivity (Wildman–Crippen MR) is 87.7 cm³/mol. The third-order valence-corrected chi connectivity index (χ3v) is 5.90. The van der Waals surface area contributed by atoms with Crippen molar-refractivity contribution >= 4 is 6.08 Å². The smallest absolute Gasteiger partial charge is 0.0301 e. The van der Waals surface area contributed by atoms with Crippen molar-refractivity contribution in [1.82, 2.24) is 0 Å². The summed E-state index contributed by atoms with van der Waals surface area (Å²) in [5, 5.41) is 0. The molecule has 0 spiro atoms. The molecule has 0 aliphatic heterocycles. The first-order chi connectivity index (χ1) is 9.62. The van der Waals surface area contributed by atoms with Crippen molar-refractivity contribution in [2.45, 2.75) is 59.8 Å². The van der Waals surface area contributed by atoms with E-state index >= 15 is 0 Å². The summed E-state index contributed by atoms with van der Waals surface area (Å²) in [7, 11) is 0. The molecule has 0 heterocycles. The summed E-state index contributed by atoms with van der Waals surface area (Å²) in [6, 6.07) is 4.99. The molecule has 1 aromatic rings. The number of hydrogen-bond acceptors (Lipinski definition) is 0. The molecule has 3 rings (SSSR count). The largest absolute Gasteiger partial charge is 0.0718 e. The number of allylic oxidation sites excluding steroid dienone is 1. The van der Waals surface area contributed by atoms with Crippen LogP contribution in [-0.4, -0.2) is 0 Å². The van der Waals surface area contributed by atoms with Gasteiger partial charge in [-0.1, -0.05) is 58.4 Å². The molecule has 1 aromatic carbocycles. The molecular weight excluding hydrogens is 419 g/mol. The molecule has 21 heavy (non-hydrogen) atoms. The van der Waals surface area contributed by atoms with Crippen molar-refractivity contribution in [3.8, 4) is 0 Å². The molecule has 2 aliphatic rings. The van der Waals surface area contributed by atoms with Crippen LogP contribution in [0.1, 0.15) is 69.2 Å². The van der Waals surface area contributed by atoms with Gasteiger partial charge in [0, 0.05) is 31.8 Å². The Bertz CT molecular complexity index is 537. The van der Waals surface area contributed by atoms with Gasteiger partial charge < -0.3 is 0 Å². The third-order valence-electron chi connectivity index (χ3n) is 5.90. The molecule has 1 radical (unpaired) electrons. The van der Waals surface area contributed by atoms with Crippen LogP contribution in [-0.2, 0) is 38.7 Å². The van der Waals surface area contributed by atoms with Gasteiger partial charge in [-0.25, -0.2) is 0 Å². The van der Waals surface area contributed by atoms with Gasteiger partial charge in [-0.2, -0.15) is 0 Å². The van der Waals surface area contributed by atoms with Crippen LogP contribution in [0.3, 0.4) is 0 Å². The van der Waals surface area contributed by atoms with Crippen molar-refractivity contribution in [2.75, 3.05) is 0 Å². The zero-order valence-electron chi connectivity index (χ0n) is 13.9. The molecule has 0 fully saturated rings. The quantitative estimate of drug-likeness (QED) is 0.530. The third kappa shape index (κ3) is 2.87. The van der Waals surface area contributed by atoms with Gasteiger partial charge in [0.05, 0.1) is 0 Å². The molecule has 0 saturated carbocycles. The molecular formula is C20H27Hf. The van der Waals surface area contributed by atoms with Crippen LogP contribution < -0.4 is 0 Å². The van der Waals surface area contributed by atoms with Gasteiger partial charge >= 0.3 is 0 Å². The first kappa shape index (κ1) is 17.2. The monoisotopic (exact) mass is 447 g/mol. The number of rotatable bonds is 4. The first-order valence-corrected chi connectivity index (χ1v) is 8.33. The fraction of sp³-hybridized carbons (Fsp3) is 0.550. The summed E-state index contributed by atoms with van der Waals surface area (Å²) in [4.78, 5) is 0. The molecule has 0 aromatic heterocycles. The molecule has 0 saturated heterocycles. The predicted octanol–water partition coefficient (Wildman–Crippen LogP) is 5.58. The van der Waals surface area contributed by atoms with E-state index in [2.05, 4.69) is 52.0 Å².